The third-order valence-electron chi connectivity index (χ3n) is 4.11. The molecule has 0 bridgehead atoms. The molecule has 114 valence electrons. The van der Waals surface area contributed by atoms with Crippen molar-refractivity contribution >= 4 is 6.09 Å². The van der Waals surface area contributed by atoms with E-state index in [4.69, 9.17) is 9.84 Å². The molecule has 1 amide bonds. The van der Waals surface area contributed by atoms with Crippen molar-refractivity contribution in [2.24, 2.45) is 17.8 Å². The summed E-state index contributed by atoms with van der Waals surface area (Å²) in [6.07, 6.45) is -4.42. The predicted octanol–water partition coefficient (Wildman–Crippen LogP) is 2.34. The lowest BCUT2D eigenvalue weighted by Crippen LogP contribution is -2.30. The SMILES string of the molecule is O=C(O)N1C[C@@H]2C(COc3cccnc3C(F)(F)F)[C@@H]2C1. The number of halogens is 3. The number of pyridine rings is 1. The van der Waals surface area contributed by atoms with E-state index in [0.717, 1.165) is 6.20 Å². The molecule has 1 aromatic heterocycles. The Balaban J connectivity index is 1.58. The van der Waals surface area contributed by atoms with Crippen molar-refractivity contribution < 1.29 is 27.8 Å². The molecule has 8 heteroatoms. The van der Waals surface area contributed by atoms with Crippen LogP contribution in [0.15, 0.2) is 18.3 Å². The average Bonchev–Trinajstić information content (AvgIpc) is 2.86. The van der Waals surface area contributed by atoms with Crippen LogP contribution in [0.1, 0.15) is 5.69 Å². The lowest BCUT2D eigenvalue weighted by Gasteiger charge is -2.17. The minimum atomic E-state index is -4.55. The summed E-state index contributed by atoms with van der Waals surface area (Å²) in [7, 11) is 0. The fraction of sp³-hybridized carbons (Fsp3) is 0.538. The van der Waals surface area contributed by atoms with Crippen molar-refractivity contribution in [3.63, 3.8) is 0 Å². The number of hydrogen-bond donors (Lipinski definition) is 1. The van der Waals surface area contributed by atoms with Crippen LogP contribution in [-0.4, -0.2) is 40.8 Å². The number of alkyl halides is 3. The van der Waals surface area contributed by atoms with E-state index >= 15 is 0 Å². The van der Waals surface area contributed by atoms with E-state index < -0.39 is 18.0 Å². The second-order valence-corrected chi connectivity index (χ2v) is 5.34. The van der Waals surface area contributed by atoms with Crippen LogP contribution in [0.3, 0.4) is 0 Å². The first-order valence-electron chi connectivity index (χ1n) is 6.51. The maximum Gasteiger partial charge on any atom is 0.437 e. The first-order valence-corrected chi connectivity index (χ1v) is 6.51. The Morgan fingerprint density at radius 3 is 2.67 bits per heavy atom. The van der Waals surface area contributed by atoms with Crippen LogP contribution < -0.4 is 4.74 Å². The number of likely N-dealkylation sites (tertiary alicyclic amines) is 1. The molecule has 21 heavy (non-hydrogen) atoms. The molecule has 0 spiro atoms. The van der Waals surface area contributed by atoms with Gasteiger partial charge in [0.1, 0.15) is 5.75 Å². The molecular formula is C13H13F3N2O3. The number of fused-ring (bicyclic) bond motifs is 1. The van der Waals surface area contributed by atoms with Crippen LogP contribution in [-0.2, 0) is 6.18 Å². The molecule has 1 saturated heterocycles. The molecule has 1 aliphatic heterocycles. The summed E-state index contributed by atoms with van der Waals surface area (Å²) in [5.41, 5.74) is -1.03. The van der Waals surface area contributed by atoms with Crippen molar-refractivity contribution in [2.45, 2.75) is 6.18 Å². The van der Waals surface area contributed by atoms with E-state index in [2.05, 4.69) is 4.98 Å². The topological polar surface area (TPSA) is 62.7 Å². The molecule has 3 atom stereocenters. The number of nitrogens with zero attached hydrogens (tertiary/aromatic N) is 2. The zero-order chi connectivity index (χ0) is 15.2. The lowest BCUT2D eigenvalue weighted by atomic mass is 10.2. The normalized spacial score (nSPS) is 27.4. The Morgan fingerprint density at radius 2 is 2.10 bits per heavy atom. The largest absolute Gasteiger partial charge is 0.491 e. The molecule has 0 aromatic carbocycles. The average molecular weight is 302 g/mol. The van der Waals surface area contributed by atoms with Gasteiger partial charge in [0.15, 0.2) is 5.69 Å². The fourth-order valence-corrected chi connectivity index (χ4v) is 2.96. The van der Waals surface area contributed by atoms with E-state index in [1.165, 1.54) is 17.0 Å². The maximum absolute atomic E-state index is 12.7. The van der Waals surface area contributed by atoms with Gasteiger partial charge in [0.2, 0.25) is 0 Å². The van der Waals surface area contributed by atoms with Crippen LogP contribution in [0.5, 0.6) is 5.75 Å². The highest BCUT2D eigenvalue weighted by Crippen LogP contribution is 2.51. The third kappa shape index (κ3) is 2.62. The molecule has 1 N–H and O–H groups in total. The Morgan fingerprint density at radius 1 is 1.43 bits per heavy atom. The minimum absolute atomic E-state index is 0.127. The molecule has 1 unspecified atom stereocenters. The van der Waals surface area contributed by atoms with Crippen molar-refractivity contribution in [2.75, 3.05) is 19.7 Å². The second kappa shape index (κ2) is 4.78. The number of piperidine rings is 1. The van der Waals surface area contributed by atoms with Gasteiger partial charge in [0.05, 0.1) is 6.61 Å². The number of aromatic nitrogens is 1. The molecule has 3 rings (SSSR count). The molecule has 1 aliphatic carbocycles. The molecule has 1 saturated carbocycles. The van der Waals surface area contributed by atoms with Crippen LogP contribution >= 0.6 is 0 Å². The van der Waals surface area contributed by atoms with E-state index in [9.17, 15) is 18.0 Å². The summed E-state index contributed by atoms with van der Waals surface area (Å²) >= 11 is 0. The molecule has 2 fully saturated rings. The van der Waals surface area contributed by atoms with Gasteiger partial charge in [-0.15, -0.1) is 0 Å². The van der Waals surface area contributed by atoms with E-state index in [0.29, 0.717) is 13.1 Å². The molecule has 2 aliphatic rings. The van der Waals surface area contributed by atoms with Crippen LogP contribution in [0.2, 0.25) is 0 Å². The Labute approximate surface area is 118 Å². The van der Waals surface area contributed by atoms with Gasteiger partial charge >= 0.3 is 12.3 Å². The van der Waals surface area contributed by atoms with Crippen LogP contribution in [0, 0.1) is 17.8 Å². The summed E-state index contributed by atoms with van der Waals surface area (Å²) in [4.78, 5) is 15.4. The van der Waals surface area contributed by atoms with Gasteiger partial charge in [-0.2, -0.15) is 13.2 Å². The highest BCUT2D eigenvalue weighted by molar-refractivity contribution is 5.65. The monoisotopic (exact) mass is 302 g/mol. The number of ether oxygens (including phenoxy) is 1. The summed E-state index contributed by atoms with van der Waals surface area (Å²) in [5, 5.41) is 8.83. The van der Waals surface area contributed by atoms with Crippen molar-refractivity contribution in [1.82, 2.24) is 9.88 Å². The summed E-state index contributed by atoms with van der Waals surface area (Å²) in [5.74, 6) is 0.256. The van der Waals surface area contributed by atoms with Crippen molar-refractivity contribution in [3.8, 4) is 5.75 Å². The number of amides is 1. The zero-order valence-electron chi connectivity index (χ0n) is 10.9. The van der Waals surface area contributed by atoms with Crippen molar-refractivity contribution in [1.29, 1.82) is 0 Å². The van der Waals surface area contributed by atoms with Gasteiger partial charge in [-0.3, -0.25) is 0 Å². The van der Waals surface area contributed by atoms with Gasteiger partial charge < -0.3 is 14.7 Å². The Bertz CT molecular complexity index is 552. The van der Waals surface area contributed by atoms with Crippen molar-refractivity contribution in [3.05, 3.63) is 24.0 Å². The summed E-state index contributed by atoms with van der Waals surface area (Å²) < 4.78 is 43.5. The van der Waals surface area contributed by atoms with Gasteiger partial charge in [0.25, 0.3) is 0 Å². The Kier molecular flexibility index (Phi) is 3.18. The quantitative estimate of drug-likeness (QED) is 0.931. The smallest absolute Gasteiger partial charge is 0.437 e. The lowest BCUT2D eigenvalue weighted by molar-refractivity contribution is -0.142. The second-order valence-electron chi connectivity index (χ2n) is 5.34. The zero-order valence-corrected chi connectivity index (χ0v) is 10.9. The third-order valence-corrected chi connectivity index (χ3v) is 4.11. The first-order chi connectivity index (χ1) is 9.88. The predicted molar refractivity (Wildman–Crippen MR) is 64.8 cm³/mol. The highest BCUT2D eigenvalue weighted by Gasteiger charge is 2.57. The molecule has 5 nitrogen and oxygen atoms in total. The van der Waals surface area contributed by atoms with E-state index in [-0.39, 0.29) is 30.1 Å². The van der Waals surface area contributed by atoms with Gasteiger partial charge in [0, 0.05) is 25.2 Å². The highest BCUT2D eigenvalue weighted by atomic mass is 19.4. The van der Waals surface area contributed by atoms with Crippen LogP contribution in [0.25, 0.3) is 0 Å². The van der Waals surface area contributed by atoms with Gasteiger partial charge in [-0.05, 0) is 24.0 Å². The minimum Gasteiger partial charge on any atom is -0.491 e. The molecular weight excluding hydrogens is 289 g/mol. The molecule has 0 radical (unpaired) electrons. The Hall–Kier alpha value is -1.99. The number of rotatable bonds is 3. The fourth-order valence-electron chi connectivity index (χ4n) is 2.96. The van der Waals surface area contributed by atoms with E-state index in [1.54, 1.807) is 0 Å². The summed E-state index contributed by atoms with van der Waals surface area (Å²) in [6, 6.07) is 2.64. The first kappa shape index (κ1) is 14.0. The van der Waals surface area contributed by atoms with Gasteiger partial charge in [-0.25, -0.2) is 9.78 Å². The number of carbonyl (C=O) groups is 1. The van der Waals surface area contributed by atoms with E-state index in [1.807, 2.05) is 0 Å². The number of carboxylic acid groups (broad SMARTS) is 1. The van der Waals surface area contributed by atoms with Gasteiger partial charge in [-0.1, -0.05) is 0 Å². The van der Waals surface area contributed by atoms with Crippen LogP contribution in [0.4, 0.5) is 18.0 Å². The maximum atomic E-state index is 12.7. The standard InChI is InChI=1S/C13H13F3N2O3/c14-13(15,16)11-10(2-1-3-17-11)21-6-9-7-4-18(12(19)20)5-8(7)9/h1-3,7-9H,4-6H2,(H,19,20)/t7-,8+,9?. The molecule has 1 aromatic rings. The summed E-state index contributed by atoms with van der Waals surface area (Å²) in [6.45, 7) is 1.04. The molecule has 2 heterocycles. The number of hydrogen-bond acceptors (Lipinski definition) is 3.